The van der Waals surface area contributed by atoms with E-state index < -0.39 is 56.6 Å². The number of aliphatic imine (C=N–C) groups is 1. The molecule has 0 bridgehead atoms. The SMILES string of the molecule is COC1CC(C)C(S(=O)(=O)NC(N)=NCCC[C@H](NC(=O)[C@@H]2CC[C@@H]3CC[C@](Cc4ccccc4)(NC(=O)OC(C)(C)C)C(=O)N32)C(O)c2nc3ccccc3s2)C(C)C1C. The zero-order valence-electron chi connectivity index (χ0n) is 36.3. The van der Waals surface area contributed by atoms with E-state index in [4.69, 9.17) is 15.2 Å². The number of nitrogens with two attached hydrogens (primary N) is 1. The number of benzene rings is 2. The Morgan fingerprint density at radius 2 is 1.77 bits per heavy atom. The van der Waals surface area contributed by atoms with Gasteiger partial charge in [-0.1, -0.05) is 63.2 Å². The van der Waals surface area contributed by atoms with Gasteiger partial charge >= 0.3 is 6.09 Å². The monoisotopic (exact) mass is 881 g/mol. The van der Waals surface area contributed by atoms with Crippen LogP contribution in [0.15, 0.2) is 59.6 Å². The number of nitrogens with one attached hydrogen (secondary N) is 3. The first kappa shape index (κ1) is 46.2. The van der Waals surface area contributed by atoms with Crippen LogP contribution in [0.5, 0.6) is 0 Å². The number of piperidine rings is 1. The molecule has 2 aliphatic heterocycles. The number of thiazole rings is 1. The Bertz CT molecular complexity index is 2130. The summed E-state index contributed by atoms with van der Waals surface area (Å²) in [6.45, 7) is 11.2. The molecule has 3 heterocycles. The molecule has 17 heteroatoms. The summed E-state index contributed by atoms with van der Waals surface area (Å²) in [7, 11) is -2.22. The molecule has 3 amide bonds. The molecule has 1 aliphatic carbocycles. The number of aromatic nitrogens is 1. The van der Waals surface area contributed by atoms with Crippen LogP contribution in [0.1, 0.15) is 103 Å². The average Bonchev–Trinajstić information content (AvgIpc) is 3.83. The Labute approximate surface area is 363 Å². The number of alkyl carbamates (subject to hydrolysis) is 1. The van der Waals surface area contributed by atoms with Crippen molar-refractivity contribution in [2.45, 2.75) is 140 Å². The third kappa shape index (κ3) is 10.7. The lowest BCUT2D eigenvalue weighted by atomic mass is 9.74. The Hall–Kier alpha value is -4.32. The van der Waals surface area contributed by atoms with Gasteiger partial charge in [0.15, 0.2) is 0 Å². The van der Waals surface area contributed by atoms with Crippen molar-refractivity contribution in [1.82, 2.24) is 25.2 Å². The Morgan fingerprint density at radius 1 is 1.07 bits per heavy atom. The molecule has 6 unspecified atom stereocenters. The molecule has 0 spiro atoms. The molecule has 0 radical (unpaired) electrons. The maximum atomic E-state index is 14.8. The molecular weight excluding hydrogens is 819 g/mol. The normalized spacial score (nSPS) is 28.2. The number of hydrogen-bond donors (Lipinski definition) is 5. The number of carbonyl (C=O) groups is 3. The first-order chi connectivity index (χ1) is 28.8. The van der Waals surface area contributed by atoms with Gasteiger partial charge < -0.3 is 35.8 Å². The molecular formula is C44H63N7O8S2. The number of nitrogens with zero attached hydrogens (tertiary/aromatic N) is 3. The number of amides is 3. The van der Waals surface area contributed by atoms with Gasteiger partial charge in [-0.2, -0.15) is 0 Å². The molecule has 10 atom stereocenters. The van der Waals surface area contributed by atoms with Crippen LogP contribution >= 0.6 is 11.3 Å². The smallest absolute Gasteiger partial charge is 0.408 e. The third-order valence-corrected chi connectivity index (χ3v) is 15.9. The topological polar surface area (TPSA) is 215 Å². The number of aliphatic hydroxyl groups is 1. The fourth-order valence-corrected chi connectivity index (χ4v) is 12.6. The van der Waals surface area contributed by atoms with Gasteiger partial charge in [0.1, 0.15) is 28.3 Å². The summed E-state index contributed by atoms with van der Waals surface area (Å²) < 4.78 is 41.8. The zero-order valence-corrected chi connectivity index (χ0v) is 37.9. The van der Waals surface area contributed by atoms with Crippen LogP contribution in [0.2, 0.25) is 0 Å². The van der Waals surface area contributed by atoms with E-state index in [1.807, 2.05) is 75.4 Å². The summed E-state index contributed by atoms with van der Waals surface area (Å²) in [4.78, 5) is 53.1. The number of carbonyl (C=O) groups excluding carboxylic acids is 3. The lowest BCUT2D eigenvalue weighted by molar-refractivity contribution is -0.150. The van der Waals surface area contributed by atoms with Crippen molar-refractivity contribution in [2.75, 3.05) is 13.7 Å². The molecule has 2 aromatic carbocycles. The number of rotatable bonds is 14. The van der Waals surface area contributed by atoms with Crippen LogP contribution in [0.3, 0.4) is 0 Å². The first-order valence-corrected chi connectivity index (χ1v) is 23.7. The highest BCUT2D eigenvalue weighted by Crippen LogP contribution is 2.40. The third-order valence-electron chi connectivity index (χ3n) is 12.7. The minimum absolute atomic E-state index is 0.0289. The van der Waals surface area contributed by atoms with Gasteiger partial charge in [-0.3, -0.25) is 19.3 Å². The molecule has 15 nitrogen and oxygen atoms in total. The molecule has 2 saturated heterocycles. The van der Waals surface area contributed by atoms with Gasteiger partial charge in [0.25, 0.3) is 0 Å². The van der Waals surface area contributed by atoms with Crippen LogP contribution in [0, 0.1) is 17.8 Å². The summed E-state index contributed by atoms with van der Waals surface area (Å²) >= 11 is 1.33. The van der Waals surface area contributed by atoms with Crippen molar-refractivity contribution in [1.29, 1.82) is 0 Å². The number of sulfonamides is 1. The number of para-hydroxylation sites is 1. The molecule has 3 fully saturated rings. The quantitative estimate of drug-likeness (QED) is 0.0813. The van der Waals surface area contributed by atoms with Gasteiger partial charge in [0.2, 0.25) is 27.8 Å². The largest absolute Gasteiger partial charge is 0.444 e. The van der Waals surface area contributed by atoms with E-state index in [2.05, 4.69) is 25.3 Å². The number of methoxy groups -OCH3 is 1. The lowest BCUT2D eigenvalue weighted by Gasteiger charge is -2.45. The van der Waals surface area contributed by atoms with Gasteiger partial charge in [-0.25, -0.2) is 18.2 Å². The molecule has 334 valence electrons. The fraction of sp³-hybridized carbons (Fsp3) is 0.614. The predicted molar refractivity (Wildman–Crippen MR) is 236 cm³/mol. The minimum atomic E-state index is -3.87. The van der Waals surface area contributed by atoms with Crippen LogP contribution in [0.25, 0.3) is 10.2 Å². The standard InChI is InChI=1S/C44H63N7O8S2/c1-26-24-34(58-7)27(2)28(3)37(26)61(56,57)50-41(45)46-23-13-17-32(36(52)39-48-31-16-11-12-18-35(31)60-39)47-38(53)33-20-19-30-21-22-44(40(54)51(30)33,25-29-14-9-8-10-15-29)49-42(55)59-43(4,5)6/h8-12,14-16,18,26-28,30,32-34,36-37,52H,13,17,19-25H2,1-7H3,(H,47,53)(H,49,55)(H3,45,46,50)/t26?,27?,28?,30-,32+,33+,34?,36?,37?,44-/m1/s1. The molecule has 3 aliphatic rings. The second kappa shape index (κ2) is 19.0. The number of hydrogen-bond acceptors (Lipinski definition) is 11. The van der Waals surface area contributed by atoms with Gasteiger partial charge in [0, 0.05) is 26.1 Å². The highest BCUT2D eigenvalue weighted by molar-refractivity contribution is 7.90. The van der Waals surface area contributed by atoms with Crippen molar-refractivity contribution < 1.29 is 37.4 Å². The number of fused-ring (bicyclic) bond motifs is 2. The zero-order chi connectivity index (χ0) is 44.3. The molecule has 61 heavy (non-hydrogen) atoms. The number of guanidine groups is 1. The van der Waals surface area contributed by atoms with Crippen molar-refractivity contribution in [3.8, 4) is 0 Å². The van der Waals surface area contributed by atoms with E-state index in [1.54, 1.807) is 32.8 Å². The van der Waals surface area contributed by atoms with Crippen LogP contribution in [0.4, 0.5) is 4.79 Å². The summed E-state index contributed by atoms with van der Waals surface area (Å²) in [5, 5.41) is 17.6. The summed E-state index contributed by atoms with van der Waals surface area (Å²) in [5.41, 5.74) is 5.59. The Balaban J connectivity index is 1.19. The number of ether oxygens (including phenoxy) is 2. The minimum Gasteiger partial charge on any atom is -0.444 e. The summed E-state index contributed by atoms with van der Waals surface area (Å²) in [5.74, 6) is -1.31. The maximum Gasteiger partial charge on any atom is 0.408 e. The maximum absolute atomic E-state index is 14.8. The molecule has 3 aromatic rings. The lowest BCUT2D eigenvalue weighted by Crippen LogP contribution is -2.67. The van der Waals surface area contributed by atoms with E-state index in [0.29, 0.717) is 43.5 Å². The van der Waals surface area contributed by atoms with Gasteiger partial charge in [-0.05, 0) is 101 Å². The second-order valence-corrected chi connectivity index (χ2v) is 21.1. The Kier molecular flexibility index (Phi) is 14.4. The Morgan fingerprint density at radius 3 is 2.46 bits per heavy atom. The van der Waals surface area contributed by atoms with Crippen molar-refractivity contribution in [3.63, 3.8) is 0 Å². The van der Waals surface area contributed by atoms with E-state index >= 15 is 0 Å². The summed E-state index contributed by atoms with van der Waals surface area (Å²) in [6.07, 6.45) is 1.42. The molecule has 6 N–H and O–H groups in total. The van der Waals surface area contributed by atoms with Crippen molar-refractivity contribution in [2.24, 2.45) is 28.5 Å². The van der Waals surface area contributed by atoms with E-state index in [-0.39, 0.29) is 61.2 Å². The van der Waals surface area contributed by atoms with Crippen molar-refractivity contribution in [3.05, 3.63) is 65.2 Å². The van der Waals surface area contributed by atoms with Gasteiger partial charge in [0.05, 0.1) is 27.6 Å². The van der Waals surface area contributed by atoms with Crippen LogP contribution < -0.4 is 21.1 Å². The van der Waals surface area contributed by atoms with E-state index in [0.717, 1.165) is 15.8 Å². The highest BCUT2D eigenvalue weighted by atomic mass is 32.2. The van der Waals surface area contributed by atoms with Crippen LogP contribution in [-0.4, -0.2) is 102 Å². The first-order valence-electron chi connectivity index (χ1n) is 21.4. The van der Waals surface area contributed by atoms with E-state index in [1.165, 1.54) is 11.3 Å². The van der Waals surface area contributed by atoms with Crippen LogP contribution in [-0.2, 0) is 35.5 Å². The van der Waals surface area contributed by atoms with Gasteiger partial charge in [-0.15, -0.1) is 11.3 Å². The van der Waals surface area contributed by atoms with E-state index in [9.17, 15) is 27.9 Å². The predicted octanol–water partition coefficient (Wildman–Crippen LogP) is 5.18. The fourth-order valence-electron chi connectivity index (χ4n) is 9.57. The summed E-state index contributed by atoms with van der Waals surface area (Å²) in [6, 6.07) is 15.1. The number of aliphatic hydroxyl groups excluding tert-OH is 1. The average molecular weight is 882 g/mol. The molecule has 6 rings (SSSR count). The highest BCUT2D eigenvalue weighted by Gasteiger charge is 2.54. The molecule has 1 aromatic heterocycles. The second-order valence-electron chi connectivity index (χ2n) is 18.2. The molecule has 1 saturated carbocycles. The van der Waals surface area contributed by atoms with Crippen molar-refractivity contribution >= 4 is 55.4 Å².